The van der Waals surface area contributed by atoms with Crippen LogP contribution in [0.3, 0.4) is 0 Å². The number of alkyl halides is 3. The summed E-state index contributed by atoms with van der Waals surface area (Å²) < 4.78 is 39.2. The standard InChI is InChI=1S/C9H12F3N3/c1-5-3-7(9(10,11)12)15-8(13-5)4-6(2)14-15/h4-5,7,13H,3H2,1-2H3/t5-,7+/m0/s1. The SMILES string of the molecule is Cc1cc2n(n1)[C@@H](C(F)(F)F)C[C@H](C)N2. The molecule has 2 rings (SSSR count). The van der Waals surface area contributed by atoms with E-state index < -0.39 is 12.2 Å². The topological polar surface area (TPSA) is 29.9 Å². The van der Waals surface area contributed by atoms with E-state index >= 15 is 0 Å². The molecule has 0 aliphatic carbocycles. The van der Waals surface area contributed by atoms with Crippen molar-refractivity contribution in [2.75, 3.05) is 5.32 Å². The van der Waals surface area contributed by atoms with Gasteiger partial charge < -0.3 is 5.32 Å². The van der Waals surface area contributed by atoms with Crippen molar-refractivity contribution in [2.45, 2.75) is 38.5 Å². The van der Waals surface area contributed by atoms with Crippen molar-refractivity contribution in [2.24, 2.45) is 0 Å². The zero-order valence-corrected chi connectivity index (χ0v) is 8.47. The number of hydrogen-bond acceptors (Lipinski definition) is 2. The average molecular weight is 219 g/mol. The van der Waals surface area contributed by atoms with Crippen LogP contribution < -0.4 is 5.32 Å². The molecule has 1 N–H and O–H groups in total. The van der Waals surface area contributed by atoms with E-state index in [1.807, 2.05) is 0 Å². The number of nitrogens with zero attached hydrogens (tertiary/aromatic N) is 2. The van der Waals surface area contributed by atoms with E-state index in [0.717, 1.165) is 4.68 Å². The van der Waals surface area contributed by atoms with Gasteiger partial charge in [-0.1, -0.05) is 0 Å². The summed E-state index contributed by atoms with van der Waals surface area (Å²) in [6, 6.07) is -0.0494. The van der Waals surface area contributed by atoms with E-state index in [2.05, 4.69) is 10.4 Å². The number of aryl methyl sites for hydroxylation is 1. The van der Waals surface area contributed by atoms with Crippen molar-refractivity contribution in [1.29, 1.82) is 0 Å². The van der Waals surface area contributed by atoms with Crippen LogP contribution in [0.25, 0.3) is 0 Å². The Balaban J connectivity index is 2.42. The van der Waals surface area contributed by atoms with Crippen LogP contribution >= 0.6 is 0 Å². The number of hydrogen-bond donors (Lipinski definition) is 1. The van der Waals surface area contributed by atoms with Gasteiger partial charge in [-0.05, 0) is 20.3 Å². The largest absolute Gasteiger partial charge is 0.410 e. The minimum Gasteiger partial charge on any atom is -0.368 e. The number of halogens is 3. The van der Waals surface area contributed by atoms with E-state index in [9.17, 15) is 13.2 Å². The third kappa shape index (κ3) is 1.80. The highest BCUT2D eigenvalue weighted by Gasteiger charge is 2.45. The molecule has 0 amide bonds. The molecule has 1 aliphatic heterocycles. The average Bonchev–Trinajstić information content (AvgIpc) is 2.41. The normalized spacial score (nSPS) is 25.9. The van der Waals surface area contributed by atoms with Crippen LogP contribution in [0.4, 0.5) is 19.0 Å². The van der Waals surface area contributed by atoms with E-state index in [0.29, 0.717) is 11.5 Å². The molecule has 0 saturated heterocycles. The van der Waals surface area contributed by atoms with Gasteiger partial charge in [0.15, 0.2) is 6.04 Å². The van der Waals surface area contributed by atoms with Gasteiger partial charge in [0, 0.05) is 12.1 Å². The molecule has 0 radical (unpaired) electrons. The Labute approximate surface area is 85.3 Å². The molecule has 1 aromatic heterocycles. The molecule has 0 saturated carbocycles. The van der Waals surface area contributed by atoms with Crippen LogP contribution in [0.2, 0.25) is 0 Å². The molecule has 1 aromatic rings. The van der Waals surface area contributed by atoms with Crippen molar-refractivity contribution in [3.63, 3.8) is 0 Å². The molecule has 0 unspecified atom stereocenters. The van der Waals surface area contributed by atoms with Gasteiger partial charge >= 0.3 is 6.18 Å². The minimum atomic E-state index is -4.23. The second-order valence-corrected chi connectivity index (χ2v) is 3.95. The van der Waals surface area contributed by atoms with Gasteiger partial charge in [0.25, 0.3) is 0 Å². The van der Waals surface area contributed by atoms with Gasteiger partial charge in [-0.25, -0.2) is 4.68 Å². The maximum absolute atomic E-state index is 12.7. The maximum atomic E-state index is 12.7. The Morgan fingerprint density at radius 2 is 2.20 bits per heavy atom. The monoisotopic (exact) mass is 219 g/mol. The van der Waals surface area contributed by atoms with Crippen molar-refractivity contribution in [3.8, 4) is 0 Å². The molecule has 0 spiro atoms. The van der Waals surface area contributed by atoms with E-state index in [1.165, 1.54) is 0 Å². The van der Waals surface area contributed by atoms with Crippen LogP contribution in [-0.2, 0) is 0 Å². The second kappa shape index (κ2) is 3.15. The second-order valence-electron chi connectivity index (χ2n) is 3.95. The molecular weight excluding hydrogens is 207 g/mol. The van der Waals surface area contributed by atoms with Crippen molar-refractivity contribution >= 4 is 5.82 Å². The summed E-state index contributed by atoms with van der Waals surface area (Å²) in [6.07, 6.45) is -4.21. The number of fused-ring (bicyclic) bond motifs is 1. The summed E-state index contributed by atoms with van der Waals surface area (Å²) in [4.78, 5) is 0. The van der Waals surface area contributed by atoms with Crippen LogP contribution in [0, 0.1) is 6.92 Å². The lowest BCUT2D eigenvalue weighted by Crippen LogP contribution is -2.37. The molecule has 1 aliphatic rings. The Kier molecular flexibility index (Phi) is 2.17. The lowest BCUT2D eigenvalue weighted by molar-refractivity contribution is -0.173. The highest BCUT2D eigenvalue weighted by atomic mass is 19.4. The smallest absolute Gasteiger partial charge is 0.368 e. The minimum absolute atomic E-state index is 0.0254. The van der Waals surface area contributed by atoms with Gasteiger partial charge in [-0.3, -0.25) is 0 Å². The lowest BCUT2D eigenvalue weighted by Gasteiger charge is -2.31. The Bertz CT molecular complexity index is 369. The Morgan fingerprint density at radius 1 is 1.53 bits per heavy atom. The molecule has 0 bridgehead atoms. The Morgan fingerprint density at radius 3 is 2.80 bits per heavy atom. The highest BCUT2D eigenvalue weighted by Crippen LogP contribution is 2.39. The molecule has 2 heterocycles. The number of anilines is 1. The molecule has 2 atom stereocenters. The molecular formula is C9H12F3N3. The third-order valence-electron chi connectivity index (χ3n) is 2.50. The molecule has 84 valence electrons. The molecule has 3 nitrogen and oxygen atoms in total. The number of aromatic nitrogens is 2. The summed E-state index contributed by atoms with van der Waals surface area (Å²) >= 11 is 0. The first-order chi connectivity index (χ1) is 6.88. The van der Waals surface area contributed by atoms with E-state index in [1.54, 1.807) is 19.9 Å². The summed E-state index contributed by atoms with van der Waals surface area (Å²) in [7, 11) is 0. The summed E-state index contributed by atoms with van der Waals surface area (Å²) in [6.45, 7) is 3.43. The fourth-order valence-corrected chi connectivity index (χ4v) is 1.88. The van der Waals surface area contributed by atoms with Crippen LogP contribution in [0.5, 0.6) is 0 Å². The van der Waals surface area contributed by atoms with Crippen LogP contribution in [0.15, 0.2) is 6.07 Å². The first-order valence-electron chi connectivity index (χ1n) is 4.77. The highest BCUT2D eigenvalue weighted by molar-refractivity contribution is 5.40. The van der Waals surface area contributed by atoms with E-state index in [-0.39, 0.29) is 12.5 Å². The number of rotatable bonds is 0. The molecule has 0 aromatic carbocycles. The van der Waals surface area contributed by atoms with Crippen LogP contribution in [-0.4, -0.2) is 22.0 Å². The van der Waals surface area contributed by atoms with Gasteiger partial charge in [0.05, 0.1) is 5.69 Å². The zero-order chi connectivity index (χ0) is 11.2. The Hall–Kier alpha value is -1.20. The molecule has 0 fully saturated rings. The van der Waals surface area contributed by atoms with Crippen LogP contribution in [0.1, 0.15) is 25.1 Å². The summed E-state index contributed by atoms with van der Waals surface area (Å²) in [5.41, 5.74) is 0.598. The van der Waals surface area contributed by atoms with Gasteiger partial charge in [0.1, 0.15) is 5.82 Å². The van der Waals surface area contributed by atoms with Crippen molar-refractivity contribution < 1.29 is 13.2 Å². The first kappa shape index (κ1) is 10.3. The van der Waals surface area contributed by atoms with Crippen molar-refractivity contribution in [1.82, 2.24) is 9.78 Å². The summed E-state index contributed by atoms with van der Waals surface area (Å²) in [5, 5.41) is 6.85. The van der Waals surface area contributed by atoms with Gasteiger partial charge in [-0.15, -0.1) is 0 Å². The molecule has 15 heavy (non-hydrogen) atoms. The maximum Gasteiger partial charge on any atom is 0.410 e. The number of nitrogens with one attached hydrogen (secondary N) is 1. The van der Waals surface area contributed by atoms with E-state index in [4.69, 9.17) is 0 Å². The quantitative estimate of drug-likeness (QED) is 0.726. The predicted octanol–water partition coefficient (Wildman–Crippen LogP) is 2.50. The predicted molar refractivity (Wildman–Crippen MR) is 49.8 cm³/mol. The van der Waals surface area contributed by atoms with Crippen molar-refractivity contribution in [3.05, 3.63) is 11.8 Å². The fraction of sp³-hybridized carbons (Fsp3) is 0.667. The zero-order valence-electron chi connectivity index (χ0n) is 8.47. The summed E-state index contributed by atoms with van der Waals surface area (Å²) in [5.74, 6) is 0.452. The fourth-order valence-electron chi connectivity index (χ4n) is 1.88. The first-order valence-corrected chi connectivity index (χ1v) is 4.77. The lowest BCUT2D eigenvalue weighted by atomic mass is 10.1. The molecule has 6 heteroatoms. The third-order valence-corrected chi connectivity index (χ3v) is 2.50. The van der Waals surface area contributed by atoms with Gasteiger partial charge in [-0.2, -0.15) is 18.3 Å². The van der Waals surface area contributed by atoms with Gasteiger partial charge in [0.2, 0.25) is 0 Å².